The van der Waals surface area contributed by atoms with Crippen molar-refractivity contribution in [2.75, 3.05) is 5.32 Å². The van der Waals surface area contributed by atoms with Gasteiger partial charge < -0.3 is 5.32 Å². The van der Waals surface area contributed by atoms with Crippen LogP contribution in [0, 0.1) is 23.3 Å². The predicted molar refractivity (Wildman–Crippen MR) is 71.5 cm³/mol. The number of hydrogen-bond acceptors (Lipinski definition) is 2. The van der Waals surface area contributed by atoms with Crippen molar-refractivity contribution in [2.45, 2.75) is 38.1 Å². The number of guanidine groups is 1. The van der Waals surface area contributed by atoms with E-state index >= 15 is 0 Å². The summed E-state index contributed by atoms with van der Waals surface area (Å²) < 4.78 is 53.3. The van der Waals surface area contributed by atoms with Crippen LogP contribution in [0.4, 0.5) is 23.2 Å². The second-order valence-corrected chi connectivity index (χ2v) is 4.88. The molecule has 1 aromatic carbocycles. The summed E-state index contributed by atoms with van der Waals surface area (Å²) in [6.45, 7) is 0. The average molecular weight is 304 g/mol. The molecule has 1 aliphatic rings. The van der Waals surface area contributed by atoms with Gasteiger partial charge in [-0.05, 0) is 12.8 Å². The Kier molecular flexibility index (Phi) is 5.00. The van der Waals surface area contributed by atoms with Crippen LogP contribution in [0.5, 0.6) is 0 Å². The van der Waals surface area contributed by atoms with E-state index in [-0.39, 0.29) is 18.1 Å². The van der Waals surface area contributed by atoms with Crippen LogP contribution >= 0.6 is 0 Å². The molecule has 0 bridgehead atoms. The quantitative estimate of drug-likeness (QED) is 0.197. The van der Waals surface area contributed by atoms with Crippen molar-refractivity contribution in [1.29, 1.82) is 0 Å². The predicted octanol–water partition coefficient (Wildman–Crippen LogP) is 2.81. The third-order valence-electron chi connectivity index (χ3n) is 3.38. The van der Waals surface area contributed by atoms with Crippen LogP contribution in [0.2, 0.25) is 0 Å². The lowest BCUT2D eigenvalue weighted by Gasteiger charge is -2.19. The average Bonchev–Trinajstić information content (AvgIpc) is 2.49. The highest BCUT2D eigenvalue weighted by Crippen LogP contribution is 2.25. The summed E-state index contributed by atoms with van der Waals surface area (Å²) in [5, 5.41) is 2.18. The fourth-order valence-electron chi connectivity index (χ4n) is 2.30. The fourth-order valence-corrected chi connectivity index (χ4v) is 2.30. The molecule has 0 amide bonds. The first-order valence-corrected chi connectivity index (χ1v) is 6.67. The molecule has 8 heteroatoms. The second kappa shape index (κ2) is 6.75. The van der Waals surface area contributed by atoms with Crippen molar-refractivity contribution in [2.24, 2.45) is 10.8 Å². The van der Waals surface area contributed by atoms with E-state index in [1.807, 2.05) is 0 Å². The molecule has 0 heterocycles. The molecule has 4 N–H and O–H groups in total. The van der Waals surface area contributed by atoms with Gasteiger partial charge in [-0.2, -0.15) is 0 Å². The molecule has 21 heavy (non-hydrogen) atoms. The minimum absolute atomic E-state index is 0.0400. The smallest absolute Gasteiger partial charge is 0.210 e. The summed E-state index contributed by atoms with van der Waals surface area (Å²) >= 11 is 0. The molecule has 0 aromatic heterocycles. The van der Waals surface area contributed by atoms with E-state index in [2.05, 4.69) is 15.7 Å². The molecule has 0 unspecified atom stereocenters. The molecule has 1 aromatic rings. The minimum Gasteiger partial charge on any atom is -0.320 e. The van der Waals surface area contributed by atoms with Crippen LogP contribution in [-0.4, -0.2) is 12.0 Å². The number of aliphatic imine (C=N–C) groups is 1. The third kappa shape index (κ3) is 3.63. The van der Waals surface area contributed by atoms with Crippen LogP contribution in [-0.2, 0) is 0 Å². The normalized spacial score (nSPS) is 16.9. The van der Waals surface area contributed by atoms with Gasteiger partial charge in [0.05, 0.1) is 6.04 Å². The number of hydrazine groups is 1. The Bertz CT molecular complexity index is 515. The highest BCUT2D eigenvalue weighted by molar-refractivity contribution is 5.93. The fraction of sp³-hybridized carbons (Fsp3) is 0.462. The lowest BCUT2D eigenvalue weighted by Crippen LogP contribution is -2.38. The Morgan fingerprint density at radius 1 is 1.05 bits per heavy atom. The summed E-state index contributed by atoms with van der Waals surface area (Å²) in [4.78, 5) is 4.18. The minimum atomic E-state index is -1.53. The molecule has 0 atom stereocenters. The SMILES string of the molecule is NNC(=NC1CCCCC1)Nc1c(F)c(F)cc(F)c1F. The molecular weight excluding hydrogens is 288 g/mol. The number of nitrogens with one attached hydrogen (secondary N) is 2. The largest absolute Gasteiger partial charge is 0.320 e. The van der Waals surface area contributed by atoms with Gasteiger partial charge in [-0.25, -0.2) is 28.4 Å². The molecule has 1 aliphatic carbocycles. The van der Waals surface area contributed by atoms with Crippen LogP contribution < -0.4 is 16.6 Å². The van der Waals surface area contributed by atoms with Crippen molar-refractivity contribution in [3.63, 3.8) is 0 Å². The van der Waals surface area contributed by atoms with Gasteiger partial charge in [-0.3, -0.25) is 5.43 Å². The standard InChI is InChI=1S/C13H16F4N4/c14-8-6-9(15)11(17)12(10(8)16)20-13(21-18)19-7-4-2-1-3-5-7/h6-7H,1-5,18H2,(H2,19,20,21). The molecule has 0 radical (unpaired) electrons. The molecule has 0 aliphatic heterocycles. The zero-order valence-electron chi connectivity index (χ0n) is 11.2. The van der Waals surface area contributed by atoms with Crippen molar-refractivity contribution >= 4 is 11.6 Å². The maximum Gasteiger partial charge on any atom is 0.210 e. The number of hydrogen-bond donors (Lipinski definition) is 3. The number of anilines is 1. The van der Waals surface area contributed by atoms with Crippen LogP contribution in [0.3, 0.4) is 0 Å². The van der Waals surface area contributed by atoms with Crippen LogP contribution in [0.15, 0.2) is 11.1 Å². The van der Waals surface area contributed by atoms with Crippen molar-refractivity contribution in [3.8, 4) is 0 Å². The Hall–Kier alpha value is -1.83. The van der Waals surface area contributed by atoms with E-state index in [1.54, 1.807) is 0 Å². The molecule has 1 saturated carbocycles. The number of nitrogens with zero attached hydrogens (tertiary/aromatic N) is 1. The van der Waals surface area contributed by atoms with Gasteiger partial charge in [0, 0.05) is 6.07 Å². The molecule has 4 nitrogen and oxygen atoms in total. The molecular formula is C13H16F4N4. The number of halogens is 4. The van der Waals surface area contributed by atoms with E-state index in [0.29, 0.717) is 0 Å². The summed E-state index contributed by atoms with van der Waals surface area (Å²) in [6, 6.07) is 0.103. The lowest BCUT2D eigenvalue weighted by atomic mass is 9.96. The van der Waals surface area contributed by atoms with E-state index in [1.165, 1.54) is 0 Å². The summed E-state index contributed by atoms with van der Waals surface area (Å²) in [5.74, 6) is -0.941. The van der Waals surface area contributed by atoms with Crippen molar-refractivity contribution in [3.05, 3.63) is 29.3 Å². The maximum absolute atomic E-state index is 13.5. The number of benzene rings is 1. The molecule has 116 valence electrons. The molecule has 1 fully saturated rings. The Labute approximate surface area is 119 Å². The topological polar surface area (TPSA) is 62.4 Å². The third-order valence-corrected chi connectivity index (χ3v) is 3.38. The van der Waals surface area contributed by atoms with Gasteiger partial charge in [-0.1, -0.05) is 19.3 Å². The Morgan fingerprint density at radius 2 is 1.62 bits per heavy atom. The molecule has 0 spiro atoms. The highest BCUT2D eigenvalue weighted by atomic mass is 19.2. The molecule has 0 saturated heterocycles. The lowest BCUT2D eigenvalue weighted by molar-refractivity contribution is 0.442. The highest BCUT2D eigenvalue weighted by Gasteiger charge is 2.21. The van der Waals surface area contributed by atoms with Gasteiger partial charge in [-0.15, -0.1) is 0 Å². The van der Waals surface area contributed by atoms with E-state index in [0.717, 1.165) is 32.1 Å². The Balaban J connectivity index is 2.24. The van der Waals surface area contributed by atoms with Gasteiger partial charge >= 0.3 is 0 Å². The van der Waals surface area contributed by atoms with E-state index in [9.17, 15) is 17.6 Å². The maximum atomic E-state index is 13.5. The van der Waals surface area contributed by atoms with Crippen LogP contribution in [0.1, 0.15) is 32.1 Å². The van der Waals surface area contributed by atoms with Gasteiger partial charge in [0.25, 0.3) is 0 Å². The van der Waals surface area contributed by atoms with Crippen molar-refractivity contribution < 1.29 is 17.6 Å². The summed E-state index contributed by atoms with van der Waals surface area (Å²) in [5.41, 5.74) is 1.19. The van der Waals surface area contributed by atoms with Gasteiger partial charge in [0.15, 0.2) is 23.3 Å². The summed E-state index contributed by atoms with van der Waals surface area (Å²) in [6.07, 6.45) is 4.78. The zero-order valence-corrected chi connectivity index (χ0v) is 11.2. The first-order valence-electron chi connectivity index (χ1n) is 6.67. The first kappa shape index (κ1) is 15.6. The van der Waals surface area contributed by atoms with Crippen LogP contribution in [0.25, 0.3) is 0 Å². The van der Waals surface area contributed by atoms with Gasteiger partial charge in [0.1, 0.15) is 5.69 Å². The van der Waals surface area contributed by atoms with Crippen molar-refractivity contribution in [1.82, 2.24) is 5.43 Å². The second-order valence-electron chi connectivity index (χ2n) is 4.88. The molecule has 2 rings (SSSR count). The van der Waals surface area contributed by atoms with Gasteiger partial charge in [0.2, 0.25) is 5.96 Å². The first-order chi connectivity index (χ1) is 10.0. The zero-order chi connectivity index (χ0) is 15.4. The Morgan fingerprint density at radius 3 is 2.14 bits per heavy atom. The number of nitrogens with two attached hydrogens (primary N) is 1. The monoisotopic (exact) mass is 304 g/mol. The van der Waals surface area contributed by atoms with E-state index in [4.69, 9.17) is 5.84 Å². The number of rotatable bonds is 2. The van der Waals surface area contributed by atoms with E-state index < -0.39 is 29.0 Å². The summed E-state index contributed by atoms with van der Waals surface area (Å²) in [7, 11) is 0.